The molecule has 6 nitrogen and oxygen atoms in total. The zero-order valence-corrected chi connectivity index (χ0v) is 23.2. The van der Waals surface area contributed by atoms with Gasteiger partial charge in [-0.2, -0.15) is 8.42 Å². The average molecular weight is 559 g/mol. The molecule has 0 aromatic heterocycles. The van der Waals surface area contributed by atoms with Gasteiger partial charge in [-0.1, -0.05) is 72.3 Å². The van der Waals surface area contributed by atoms with Crippen LogP contribution in [0.1, 0.15) is 38.2 Å². The standard InChI is InChI=1S/C34H26N2O4S/c1-22-13-15-25(16-14-22)34(37)40-30-11-4-2-7-26(30)21-36(33-28-9-3-5-12-31(28)41(38,39)35-33)29-20-19-24-18-17-23-8-6-10-27(29)32(23)24/h2-16,19-20H,17-18,21H2,1H3. The molecule has 0 unspecified atom stereocenters. The predicted molar refractivity (Wildman–Crippen MR) is 160 cm³/mol. The molecule has 202 valence electrons. The van der Waals surface area contributed by atoms with E-state index in [1.807, 2.05) is 60.4 Å². The Morgan fingerprint density at radius 2 is 1.56 bits per heavy atom. The number of hydrogen-bond acceptors (Lipinski definition) is 5. The fourth-order valence-corrected chi connectivity index (χ4v) is 6.99. The molecule has 1 heterocycles. The fraction of sp³-hybridized carbons (Fsp3) is 0.118. The van der Waals surface area contributed by atoms with Crippen molar-refractivity contribution in [3.05, 3.63) is 137 Å². The molecular formula is C34H26N2O4S. The Morgan fingerprint density at radius 1 is 0.829 bits per heavy atom. The van der Waals surface area contributed by atoms with Crippen LogP contribution < -0.4 is 9.64 Å². The number of amidine groups is 1. The van der Waals surface area contributed by atoms with Crippen LogP contribution >= 0.6 is 0 Å². The lowest BCUT2D eigenvalue weighted by molar-refractivity contribution is 0.0733. The van der Waals surface area contributed by atoms with E-state index in [2.05, 4.69) is 22.6 Å². The predicted octanol–water partition coefficient (Wildman–Crippen LogP) is 6.62. The van der Waals surface area contributed by atoms with Crippen molar-refractivity contribution in [1.29, 1.82) is 0 Å². The van der Waals surface area contributed by atoms with Crippen LogP contribution in [0, 0.1) is 6.92 Å². The Morgan fingerprint density at radius 3 is 2.39 bits per heavy atom. The molecule has 2 aliphatic rings. The summed E-state index contributed by atoms with van der Waals surface area (Å²) in [6.45, 7) is 2.20. The molecule has 0 saturated heterocycles. The maximum absolute atomic E-state index is 13.1. The number of hydrogen-bond donors (Lipinski definition) is 0. The Hall–Kier alpha value is -4.75. The smallest absolute Gasteiger partial charge is 0.343 e. The second kappa shape index (κ2) is 9.71. The van der Waals surface area contributed by atoms with Gasteiger partial charge in [0.2, 0.25) is 0 Å². The van der Waals surface area contributed by atoms with E-state index in [4.69, 9.17) is 4.74 Å². The van der Waals surface area contributed by atoms with Gasteiger partial charge >= 0.3 is 5.97 Å². The molecule has 41 heavy (non-hydrogen) atoms. The highest BCUT2D eigenvalue weighted by atomic mass is 32.2. The molecule has 0 radical (unpaired) electrons. The largest absolute Gasteiger partial charge is 0.423 e. The first-order valence-corrected chi connectivity index (χ1v) is 15.0. The van der Waals surface area contributed by atoms with Crippen molar-refractivity contribution in [2.75, 3.05) is 4.90 Å². The van der Waals surface area contributed by atoms with Crippen LogP contribution in [0.5, 0.6) is 5.75 Å². The number of nitrogens with zero attached hydrogens (tertiary/aromatic N) is 2. The van der Waals surface area contributed by atoms with Crippen LogP contribution in [-0.4, -0.2) is 20.2 Å². The number of aryl methyl sites for hydroxylation is 3. The summed E-state index contributed by atoms with van der Waals surface area (Å²) in [5, 5.41) is 2.25. The monoisotopic (exact) mass is 558 g/mol. The van der Waals surface area contributed by atoms with Gasteiger partial charge in [-0.3, -0.25) is 0 Å². The van der Waals surface area contributed by atoms with Crippen LogP contribution in [0.3, 0.4) is 0 Å². The van der Waals surface area contributed by atoms with Crippen molar-refractivity contribution >= 4 is 38.3 Å². The van der Waals surface area contributed by atoms with E-state index in [0.29, 0.717) is 22.7 Å². The molecule has 0 saturated carbocycles. The van der Waals surface area contributed by atoms with E-state index in [1.54, 1.807) is 36.4 Å². The molecule has 0 amide bonds. The lowest BCUT2D eigenvalue weighted by Crippen LogP contribution is -2.31. The molecule has 0 bridgehead atoms. The summed E-state index contributed by atoms with van der Waals surface area (Å²) in [6.07, 6.45) is 1.96. The number of ether oxygens (including phenoxy) is 1. The lowest BCUT2D eigenvalue weighted by Gasteiger charge is -2.27. The highest BCUT2D eigenvalue weighted by molar-refractivity contribution is 7.90. The van der Waals surface area contributed by atoms with Crippen LogP contribution in [-0.2, 0) is 29.4 Å². The van der Waals surface area contributed by atoms with Gasteiger partial charge in [-0.05, 0) is 72.7 Å². The number of benzene rings is 5. The average Bonchev–Trinajstić information content (AvgIpc) is 3.52. The van der Waals surface area contributed by atoms with Crippen molar-refractivity contribution in [1.82, 2.24) is 0 Å². The molecular weight excluding hydrogens is 532 g/mol. The summed E-state index contributed by atoms with van der Waals surface area (Å²) in [4.78, 5) is 15.2. The molecule has 1 aliphatic carbocycles. The Kier molecular flexibility index (Phi) is 5.98. The van der Waals surface area contributed by atoms with E-state index in [-0.39, 0.29) is 11.4 Å². The second-order valence-corrected chi connectivity index (χ2v) is 12.0. The summed E-state index contributed by atoms with van der Waals surface area (Å²) in [5.74, 6) is 0.295. The van der Waals surface area contributed by atoms with Gasteiger partial charge in [0.25, 0.3) is 10.0 Å². The minimum Gasteiger partial charge on any atom is -0.423 e. The van der Waals surface area contributed by atoms with Crippen LogP contribution in [0.4, 0.5) is 5.69 Å². The summed E-state index contributed by atoms with van der Waals surface area (Å²) in [7, 11) is -3.87. The molecule has 1 aliphatic heterocycles. The lowest BCUT2D eigenvalue weighted by atomic mass is 10.0. The number of fused-ring (bicyclic) bond motifs is 1. The molecule has 0 spiro atoms. The van der Waals surface area contributed by atoms with Gasteiger partial charge in [0.15, 0.2) is 5.84 Å². The first-order chi connectivity index (χ1) is 19.9. The summed E-state index contributed by atoms with van der Waals surface area (Å²) in [5.41, 5.74) is 6.19. The van der Waals surface area contributed by atoms with Gasteiger partial charge in [0, 0.05) is 16.5 Å². The molecule has 7 rings (SSSR count). The minimum absolute atomic E-state index is 0.185. The molecule has 0 N–H and O–H groups in total. The molecule has 5 aromatic rings. The van der Waals surface area contributed by atoms with E-state index < -0.39 is 16.0 Å². The summed E-state index contributed by atoms with van der Waals surface area (Å²) >= 11 is 0. The number of carbonyl (C=O) groups is 1. The zero-order valence-electron chi connectivity index (χ0n) is 22.4. The van der Waals surface area contributed by atoms with Crippen molar-refractivity contribution < 1.29 is 17.9 Å². The molecule has 0 fully saturated rings. The molecule has 7 heteroatoms. The van der Waals surface area contributed by atoms with E-state index in [0.717, 1.165) is 35.0 Å². The number of rotatable bonds is 5. The van der Waals surface area contributed by atoms with E-state index >= 15 is 0 Å². The molecule has 0 atom stereocenters. The topological polar surface area (TPSA) is 76.0 Å². The third-order valence-corrected chi connectivity index (χ3v) is 9.13. The SMILES string of the molecule is Cc1ccc(C(=O)Oc2ccccc2CN(C2=NS(=O)(=O)c3ccccc32)c2ccc3c4c(cccc24)CC3)cc1. The normalized spacial score (nSPS) is 14.5. The number of para-hydroxylation sites is 1. The van der Waals surface area contributed by atoms with Gasteiger partial charge in [0.1, 0.15) is 10.6 Å². The van der Waals surface area contributed by atoms with Gasteiger partial charge < -0.3 is 9.64 Å². The van der Waals surface area contributed by atoms with Crippen molar-refractivity contribution in [2.45, 2.75) is 31.2 Å². The summed E-state index contributed by atoms with van der Waals surface area (Å²) < 4.78 is 36.5. The fourth-order valence-electron chi connectivity index (χ4n) is 5.78. The number of esters is 1. The van der Waals surface area contributed by atoms with Gasteiger partial charge in [-0.25, -0.2) is 4.79 Å². The maximum Gasteiger partial charge on any atom is 0.343 e. The Balaban J connectivity index is 1.36. The number of anilines is 1. The van der Waals surface area contributed by atoms with E-state index in [9.17, 15) is 13.2 Å². The van der Waals surface area contributed by atoms with E-state index in [1.165, 1.54) is 16.5 Å². The quantitative estimate of drug-likeness (QED) is 0.179. The number of sulfonamides is 1. The van der Waals surface area contributed by atoms with Crippen molar-refractivity contribution in [2.24, 2.45) is 4.40 Å². The Bertz CT molecular complexity index is 1990. The third-order valence-electron chi connectivity index (χ3n) is 7.80. The molecule has 5 aromatic carbocycles. The van der Waals surface area contributed by atoms with Crippen molar-refractivity contribution in [3.8, 4) is 5.75 Å². The highest BCUT2D eigenvalue weighted by Crippen LogP contribution is 2.40. The van der Waals surface area contributed by atoms with Crippen LogP contribution in [0.25, 0.3) is 10.8 Å². The van der Waals surface area contributed by atoms with Crippen LogP contribution in [0.15, 0.2) is 112 Å². The maximum atomic E-state index is 13.1. The minimum atomic E-state index is -3.87. The summed E-state index contributed by atoms with van der Waals surface area (Å²) in [6, 6.07) is 31.9. The van der Waals surface area contributed by atoms with Crippen molar-refractivity contribution in [3.63, 3.8) is 0 Å². The van der Waals surface area contributed by atoms with Gasteiger partial charge in [0.05, 0.1) is 17.8 Å². The number of carbonyl (C=O) groups excluding carboxylic acids is 1. The highest BCUT2D eigenvalue weighted by Gasteiger charge is 2.34. The van der Waals surface area contributed by atoms with Gasteiger partial charge in [-0.15, -0.1) is 4.40 Å². The third kappa shape index (κ3) is 4.39. The zero-order chi connectivity index (χ0) is 28.1. The Labute approximate surface area is 238 Å². The first kappa shape index (κ1) is 25.2. The second-order valence-electron chi connectivity index (χ2n) is 10.4. The first-order valence-electron chi connectivity index (χ1n) is 13.5. The van der Waals surface area contributed by atoms with Crippen LogP contribution in [0.2, 0.25) is 0 Å².